The van der Waals surface area contributed by atoms with Gasteiger partial charge in [0.25, 0.3) is 0 Å². The average molecular weight is 519 g/mol. The lowest BCUT2D eigenvalue weighted by molar-refractivity contribution is -0.137. The second-order valence-corrected chi connectivity index (χ2v) is 10.8. The van der Waals surface area contributed by atoms with Crippen molar-refractivity contribution in [2.75, 3.05) is 26.2 Å². The van der Waals surface area contributed by atoms with Crippen LogP contribution in [0.3, 0.4) is 0 Å². The number of nitrogens with one attached hydrogen (secondary N) is 1. The molecule has 2 saturated heterocycles. The van der Waals surface area contributed by atoms with Crippen molar-refractivity contribution in [1.82, 2.24) is 24.7 Å². The van der Waals surface area contributed by atoms with E-state index in [9.17, 15) is 23.1 Å². The van der Waals surface area contributed by atoms with Crippen molar-refractivity contribution < 1.29 is 23.1 Å². The number of likely N-dealkylation sites (tertiary alicyclic amines) is 2. The Morgan fingerprint density at radius 1 is 1.03 bits per heavy atom. The summed E-state index contributed by atoms with van der Waals surface area (Å²) in [5, 5.41) is 14.7. The Labute approximate surface area is 215 Å². The number of nitrogens with zero attached hydrogens (tertiary/aromatic N) is 4. The first-order valence-electron chi connectivity index (χ1n) is 13.3. The smallest absolute Gasteiger partial charge is 0.384 e. The molecule has 3 fully saturated rings. The van der Waals surface area contributed by atoms with Crippen LogP contribution in [0.4, 0.5) is 23.8 Å². The van der Waals surface area contributed by atoms with Gasteiger partial charge in [-0.05, 0) is 69.6 Å². The Balaban J connectivity index is 1.24. The van der Waals surface area contributed by atoms with Crippen molar-refractivity contribution in [2.24, 2.45) is 0 Å². The van der Waals surface area contributed by atoms with Crippen molar-refractivity contribution in [3.05, 3.63) is 54.0 Å². The number of amides is 2. The molecule has 10 heteroatoms. The van der Waals surface area contributed by atoms with Crippen LogP contribution in [-0.4, -0.2) is 64.3 Å². The first-order valence-corrected chi connectivity index (χ1v) is 13.3. The lowest BCUT2D eigenvalue weighted by atomic mass is 9.79. The van der Waals surface area contributed by atoms with E-state index in [1.165, 1.54) is 6.20 Å². The van der Waals surface area contributed by atoms with Gasteiger partial charge in [-0.15, -0.1) is 0 Å². The molecule has 37 heavy (non-hydrogen) atoms. The molecule has 2 aliphatic heterocycles. The molecular formula is C27H35F3N5O2+. The summed E-state index contributed by atoms with van der Waals surface area (Å²) < 4.78 is 40.1. The third-order valence-electron chi connectivity index (χ3n) is 8.34. The summed E-state index contributed by atoms with van der Waals surface area (Å²) in [5.74, 6) is 0.192. The van der Waals surface area contributed by atoms with Crippen LogP contribution in [0.15, 0.2) is 42.7 Å². The quantitative estimate of drug-likeness (QED) is 0.579. The minimum absolute atomic E-state index is 0.120. The molecular weight excluding hydrogens is 483 g/mol. The number of halogens is 3. The average Bonchev–Trinajstić information content (AvgIpc) is 3.38. The van der Waals surface area contributed by atoms with Gasteiger partial charge in [-0.1, -0.05) is 6.07 Å². The normalized spacial score (nSPS) is 28.3. The van der Waals surface area contributed by atoms with E-state index in [0.29, 0.717) is 44.7 Å². The highest BCUT2D eigenvalue weighted by atomic mass is 19.4. The van der Waals surface area contributed by atoms with Crippen LogP contribution in [0.2, 0.25) is 0 Å². The Bertz CT molecular complexity index is 1080. The zero-order chi connectivity index (χ0) is 26.1. The van der Waals surface area contributed by atoms with E-state index in [1.807, 2.05) is 18.2 Å². The summed E-state index contributed by atoms with van der Waals surface area (Å²) in [4.78, 5) is 24.3. The van der Waals surface area contributed by atoms with E-state index in [1.54, 1.807) is 11.1 Å². The van der Waals surface area contributed by atoms with Crippen LogP contribution in [0.1, 0.15) is 62.6 Å². The van der Waals surface area contributed by atoms with E-state index in [-0.39, 0.29) is 28.4 Å². The minimum atomic E-state index is -4.48. The van der Waals surface area contributed by atoms with Gasteiger partial charge in [0, 0.05) is 43.6 Å². The Morgan fingerprint density at radius 3 is 2.46 bits per heavy atom. The lowest BCUT2D eigenvalue weighted by Gasteiger charge is -2.39. The van der Waals surface area contributed by atoms with Gasteiger partial charge >= 0.3 is 12.2 Å². The molecule has 0 radical (unpaired) electrons. The highest BCUT2D eigenvalue weighted by molar-refractivity contribution is 5.86. The second kappa shape index (κ2) is 10.3. The summed E-state index contributed by atoms with van der Waals surface area (Å²) in [6.45, 7) is 2.03. The van der Waals surface area contributed by atoms with Crippen molar-refractivity contribution in [1.29, 1.82) is 0 Å². The van der Waals surface area contributed by atoms with Gasteiger partial charge in [-0.2, -0.15) is 17.7 Å². The molecule has 0 unspecified atom stereocenters. The first-order chi connectivity index (χ1) is 17.7. The maximum atomic E-state index is 13.9. The van der Waals surface area contributed by atoms with Crippen LogP contribution in [0, 0.1) is 0 Å². The fourth-order valence-electron chi connectivity index (χ4n) is 6.23. The highest BCUT2D eigenvalue weighted by Gasteiger charge is 2.48. The molecule has 2 aromatic heterocycles. The van der Waals surface area contributed by atoms with E-state index < -0.39 is 17.3 Å². The van der Waals surface area contributed by atoms with Gasteiger partial charge < -0.3 is 10.4 Å². The summed E-state index contributed by atoms with van der Waals surface area (Å²) in [6, 6.07) is 7.83. The molecule has 7 nitrogen and oxygen atoms in total. The first kappa shape index (κ1) is 26.1. The molecule has 1 saturated carbocycles. The number of rotatable bonds is 4. The number of hydrogen-bond acceptors (Lipinski definition) is 5. The number of alkyl halides is 3. The van der Waals surface area contributed by atoms with Gasteiger partial charge in [0.05, 0.1) is 24.3 Å². The molecule has 1 aliphatic carbocycles. The van der Waals surface area contributed by atoms with Crippen molar-refractivity contribution in [2.45, 2.75) is 75.2 Å². The number of aromatic nitrogens is 2. The number of quaternary nitrogens is 1. The monoisotopic (exact) mass is 518 g/mol. The predicted octanol–water partition coefficient (Wildman–Crippen LogP) is 4.60. The van der Waals surface area contributed by atoms with Crippen molar-refractivity contribution in [3.8, 4) is 0 Å². The Kier molecular flexibility index (Phi) is 7.26. The molecule has 2 N–H and O–H groups in total. The maximum absolute atomic E-state index is 13.9. The molecule has 0 bridgehead atoms. The molecule has 4 heterocycles. The van der Waals surface area contributed by atoms with Gasteiger partial charge in [0.15, 0.2) is 0 Å². The molecule has 5 rings (SSSR count). The SMILES string of the molecule is O=C(N1CC[C@H](NC2CCC(O)(c3ccccn3)CC2)C1)[N+]1(c2cc(C(F)(F)F)ccn2)CCCCC1. The van der Waals surface area contributed by atoms with E-state index in [4.69, 9.17) is 0 Å². The van der Waals surface area contributed by atoms with Crippen molar-refractivity contribution >= 4 is 11.8 Å². The second-order valence-electron chi connectivity index (χ2n) is 10.8. The predicted molar refractivity (Wildman–Crippen MR) is 134 cm³/mol. The van der Waals surface area contributed by atoms with Gasteiger partial charge in [0.1, 0.15) is 5.60 Å². The molecule has 3 aliphatic rings. The van der Waals surface area contributed by atoms with Crippen LogP contribution >= 0.6 is 0 Å². The standard InChI is InChI=1S/C27H35F3N5O2/c28-27(29,30)20-9-14-32-24(18-20)35(16-4-1-5-17-35)25(36)34-15-10-22(19-34)33-21-7-11-26(37,12-8-21)23-6-2-3-13-31-23/h2-3,6,9,13-14,18,21-22,33,37H,1,4-5,7-8,10-12,15-17,19H2/q+1/t21?,22-,26?/m0/s1. The van der Waals surface area contributed by atoms with Crippen LogP contribution < -0.4 is 9.80 Å². The zero-order valence-corrected chi connectivity index (χ0v) is 21.0. The Morgan fingerprint density at radius 2 is 1.78 bits per heavy atom. The van der Waals surface area contributed by atoms with Gasteiger partial charge in [-0.25, -0.2) is 9.78 Å². The largest absolute Gasteiger partial charge is 0.425 e. The van der Waals surface area contributed by atoms with Gasteiger partial charge in [-0.3, -0.25) is 9.88 Å². The third-order valence-corrected chi connectivity index (χ3v) is 8.34. The fraction of sp³-hybridized carbons (Fsp3) is 0.593. The summed E-state index contributed by atoms with van der Waals surface area (Å²) in [6.07, 6.45) is 4.57. The minimum Gasteiger partial charge on any atom is -0.384 e. The number of piperidine rings is 1. The summed E-state index contributed by atoms with van der Waals surface area (Å²) >= 11 is 0. The molecule has 1 atom stereocenters. The lowest BCUT2D eigenvalue weighted by Crippen LogP contribution is -2.62. The maximum Gasteiger partial charge on any atom is 0.425 e. The number of pyridine rings is 2. The van der Waals surface area contributed by atoms with Gasteiger partial charge in [0.2, 0.25) is 5.82 Å². The van der Waals surface area contributed by atoms with Crippen molar-refractivity contribution in [3.63, 3.8) is 0 Å². The zero-order valence-electron chi connectivity index (χ0n) is 21.0. The molecule has 0 spiro atoms. The topological polar surface area (TPSA) is 78.4 Å². The number of aliphatic hydroxyl groups is 1. The van der Waals surface area contributed by atoms with Crippen LogP contribution in [0.5, 0.6) is 0 Å². The number of carbonyl (C=O) groups excluding carboxylic acids is 1. The number of urea groups is 1. The van der Waals surface area contributed by atoms with E-state index in [0.717, 1.165) is 50.7 Å². The number of carbonyl (C=O) groups is 1. The molecule has 200 valence electrons. The molecule has 2 aromatic rings. The third kappa shape index (κ3) is 5.37. The Hall–Kier alpha value is -2.56. The number of hydrogen-bond donors (Lipinski definition) is 2. The summed E-state index contributed by atoms with van der Waals surface area (Å²) in [5.41, 5.74) is -0.956. The van der Waals surface area contributed by atoms with E-state index in [2.05, 4.69) is 15.3 Å². The van der Waals surface area contributed by atoms with Crippen LogP contribution in [-0.2, 0) is 11.8 Å². The highest BCUT2D eigenvalue weighted by Crippen LogP contribution is 2.37. The fourth-order valence-corrected chi connectivity index (χ4v) is 6.23. The summed E-state index contributed by atoms with van der Waals surface area (Å²) in [7, 11) is 0. The van der Waals surface area contributed by atoms with E-state index >= 15 is 0 Å². The molecule has 2 amide bonds. The van der Waals surface area contributed by atoms with Crippen LogP contribution in [0.25, 0.3) is 0 Å². The molecule has 0 aromatic carbocycles.